The first kappa shape index (κ1) is 14.9. The molecule has 6 heteroatoms. The number of rotatable bonds is 5. The first-order valence-electron chi connectivity index (χ1n) is 5.81. The van der Waals surface area contributed by atoms with Gasteiger partial charge in [-0.3, -0.25) is 0 Å². The van der Waals surface area contributed by atoms with Gasteiger partial charge in [0.05, 0.1) is 17.1 Å². The topological polar surface area (TPSA) is 67.3 Å². The summed E-state index contributed by atoms with van der Waals surface area (Å²) in [5.74, 6) is -0.596. The molecule has 0 amide bonds. The molecule has 0 spiro atoms. The van der Waals surface area contributed by atoms with E-state index in [0.717, 1.165) is 6.54 Å². The lowest BCUT2D eigenvalue weighted by Crippen LogP contribution is -2.31. The molecule has 102 valence electrons. The summed E-state index contributed by atoms with van der Waals surface area (Å²) >= 11 is 5.74. The number of hydrogen-bond acceptors (Lipinski definition) is 4. The molecular weight excluding hydrogens is 255 g/mol. The Morgan fingerprint density at radius 1 is 1.39 bits per heavy atom. The molecule has 0 saturated heterocycles. The summed E-state index contributed by atoms with van der Waals surface area (Å²) in [7, 11) is 2.00. The predicted molar refractivity (Wildman–Crippen MR) is 76.5 cm³/mol. The SMILES string of the molecule is CC(C)N(C)CCNc1c(N)cc(N)c(Cl)c1F. The average molecular weight is 275 g/mol. The van der Waals surface area contributed by atoms with Gasteiger partial charge in [-0.05, 0) is 27.0 Å². The number of nitrogens with two attached hydrogens (primary N) is 2. The van der Waals surface area contributed by atoms with Crippen LogP contribution in [-0.2, 0) is 0 Å². The summed E-state index contributed by atoms with van der Waals surface area (Å²) in [5.41, 5.74) is 11.9. The number of benzene rings is 1. The summed E-state index contributed by atoms with van der Waals surface area (Å²) in [6.45, 7) is 5.54. The van der Waals surface area contributed by atoms with Crippen LogP contribution in [0.4, 0.5) is 21.5 Å². The van der Waals surface area contributed by atoms with Gasteiger partial charge in [0.1, 0.15) is 5.02 Å². The average Bonchev–Trinajstić information content (AvgIpc) is 2.30. The molecular formula is C12H20ClFN4. The minimum absolute atomic E-state index is 0.0936. The van der Waals surface area contributed by atoms with E-state index < -0.39 is 5.82 Å². The van der Waals surface area contributed by atoms with Crippen LogP contribution in [0.25, 0.3) is 0 Å². The van der Waals surface area contributed by atoms with E-state index in [0.29, 0.717) is 12.6 Å². The molecule has 18 heavy (non-hydrogen) atoms. The minimum Gasteiger partial charge on any atom is -0.397 e. The third-order valence-electron chi connectivity index (χ3n) is 2.91. The fourth-order valence-electron chi connectivity index (χ4n) is 1.46. The highest BCUT2D eigenvalue weighted by Crippen LogP contribution is 2.33. The molecule has 1 rings (SSSR count). The van der Waals surface area contributed by atoms with Crippen LogP contribution < -0.4 is 16.8 Å². The smallest absolute Gasteiger partial charge is 0.169 e. The van der Waals surface area contributed by atoms with Crippen LogP contribution in [0.15, 0.2) is 6.07 Å². The van der Waals surface area contributed by atoms with Gasteiger partial charge < -0.3 is 21.7 Å². The Balaban J connectivity index is 2.71. The molecule has 0 heterocycles. The van der Waals surface area contributed by atoms with Crippen molar-refractivity contribution in [2.45, 2.75) is 19.9 Å². The van der Waals surface area contributed by atoms with E-state index in [1.165, 1.54) is 6.07 Å². The number of hydrogen-bond donors (Lipinski definition) is 3. The van der Waals surface area contributed by atoms with E-state index in [1.807, 2.05) is 7.05 Å². The van der Waals surface area contributed by atoms with Gasteiger partial charge in [0.15, 0.2) is 5.82 Å². The Morgan fingerprint density at radius 3 is 2.56 bits per heavy atom. The van der Waals surface area contributed by atoms with Crippen LogP contribution in [0.3, 0.4) is 0 Å². The number of nitrogen functional groups attached to an aromatic ring is 2. The summed E-state index contributed by atoms with van der Waals surface area (Å²) in [4.78, 5) is 2.14. The molecule has 0 aromatic heterocycles. The second-order valence-electron chi connectivity index (χ2n) is 4.56. The summed E-state index contributed by atoms with van der Waals surface area (Å²) in [5, 5.41) is 2.86. The quantitative estimate of drug-likeness (QED) is 0.721. The van der Waals surface area contributed by atoms with E-state index in [-0.39, 0.29) is 22.1 Å². The number of nitrogens with zero attached hydrogens (tertiary/aromatic N) is 1. The Bertz CT molecular complexity index is 423. The largest absolute Gasteiger partial charge is 0.397 e. The third kappa shape index (κ3) is 3.40. The molecule has 5 N–H and O–H groups in total. The number of likely N-dealkylation sites (N-methyl/N-ethyl adjacent to an activating group) is 1. The van der Waals surface area contributed by atoms with Crippen LogP contribution in [0, 0.1) is 5.82 Å². The molecule has 0 unspecified atom stereocenters. The Labute approximate surface area is 112 Å². The van der Waals surface area contributed by atoms with E-state index in [9.17, 15) is 4.39 Å². The lowest BCUT2D eigenvalue weighted by molar-refractivity contribution is 0.284. The van der Waals surface area contributed by atoms with Gasteiger partial charge >= 0.3 is 0 Å². The van der Waals surface area contributed by atoms with Crippen molar-refractivity contribution in [3.8, 4) is 0 Å². The molecule has 1 aromatic carbocycles. The van der Waals surface area contributed by atoms with Crippen molar-refractivity contribution >= 4 is 28.7 Å². The maximum atomic E-state index is 13.8. The van der Waals surface area contributed by atoms with Gasteiger partial charge in [0.2, 0.25) is 0 Å². The lowest BCUT2D eigenvalue weighted by Gasteiger charge is -2.21. The van der Waals surface area contributed by atoms with Crippen LogP contribution in [0.5, 0.6) is 0 Å². The normalized spacial score (nSPS) is 11.3. The summed E-state index contributed by atoms with van der Waals surface area (Å²) in [6, 6.07) is 1.89. The first-order chi connectivity index (χ1) is 8.34. The highest BCUT2D eigenvalue weighted by Gasteiger charge is 2.14. The monoisotopic (exact) mass is 274 g/mol. The third-order valence-corrected chi connectivity index (χ3v) is 3.30. The van der Waals surface area contributed by atoms with E-state index >= 15 is 0 Å². The van der Waals surface area contributed by atoms with Crippen LogP contribution >= 0.6 is 11.6 Å². The van der Waals surface area contributed by atoms with E-state index in [1.54, 1.807) is 0 Å². The predicted octanol–water partition coefficient (Wildman–Crippen LogP) is 2.40. The van der Waals surface area contributed by atoms with Gasteiger partial charge in [0, 0.05) is 19.1 Å². The van der Waals surface area contributed by atoms with Crippen molar-refractivity contribution < 1.29 is 4.39 Å². The van der Waals surface area contributed by atoms with Gasteiger partial charge in [0.25, 0.3) is 0 Å². The van der Waals surface area contributed by atoms with Crippen molar-refractivity contribution in [2.75, 3.05) is 36.9 Å². The zero-order chi connectivity index (χ0) is 13.9. The zero-order valence-electron chi connectivity index (χ0n) is 10.9. The second-order valence-corrected chi connectivity index (χ2v) is 4.94. The number of nitrogens with one attached hydrogen (secondary N) is 1. The molecule has 1 aromatic rings. The van der Waals surface area contributed by atoms with E-state index in [4.69, 9.17) is 23.1 Å². The zero-order valence-corrected chi connectivity index (χ0v) is 11.7. The molecule has 4 nitrogen and oxygen atoms in total. The fraction of sp³-hybridized carbons (Fsp3) is 0.500. The maximum Gasteiger partial charge on any atom is 0.169 e. The molecule has 0 bridgehead atoms. The Morgan fingerprint density at radius 2 is 2.00 bits per heavy atom. The minimum atomic E-state index is -0.596. The number of halogens is 2. The maximum absolute atomic E-state index is 13.8. The van der Waals surface area contributed by atoms with Crippen LogP contribution in [-0.4, -0.2) is 31.1 Å². The van der Waals surface area contributed by atoms with Crippen molar-refractivity contribution in [1.29, 1.82) is 0 Å². The van der Waals surface area contributed by atoms with Crippen LogP contribution in [0.1, 0.15) is 13.8 Å². The van der Waals surface area contributed by atoms with E-state index in [2.05, 4.69) is 24.1 Å². The highest BCUT2D eigenvalue weighted by molar-refractivity contribution is 6.33. The van der Waals surface area contributed by atoms with Crippen LogP contribution in [0.2, 0.25) is 5.02 Å². The molecule has 0 saturated carbocycles. The summed E-state index contributed by atoms with van der Waals surface area (Å²) < 4.78 is 13.8. The molecule has 0 atom stereocenters. The van der Waals surface area contributed by atoms with Crippen molar-refractivity contribution in [3.63, 3.8) is 0 Å². The Hall–Kier alpha value is -1.20. The molecule has 0 aliphatic carbocycles. The van der Waals surface area contributed by atoms with Gasteiger partial charge in [-0.15, -0.1) is 0 Å². The second kappa shape index (κ2) is 6.11. The Kier molecular flexibility index (Phi) is 5.04. The van der Waals surface area contributed by atoms with Gasteiger partial charge in [-0.25, -0.2) is 4.39 Å². The van der Waals surface area contributed by atoms with Crippen molar-refractivity contribution in [2.24, 2.45) is 0 Å². The van der Waals surface area contributed by atoms with Gasteiger partial charge in [-0.1, -0.05) is 11.6 Å². The molecule has 0 fully saturated rings. The number of anilines is 3. The molecule has 0 aliphatic heterocycles. The van der Waals surface area contributed by atoms with Gasteiger partial charge in [-0.2, -0.15) is 0 Å². The van der Waals surface area contributed by atoms with Crippen molar-refractivity contribution in [1.82, 2.24) is 4.90 Å². The standard InChI is InChI=1S/C12H20ClFN4/c1-7(2)18(3)5-4-17-12-9(16)6-8(15)10(13)11(12)14/h6-7,17H,4-5,15-16H2,1-3H3. The first-order valence-corrected chi connectivity index (χ1v) is 6.19. The fourth-order valence-corrected chi connectivity index (χ4v) is 1.61. The molecule has 0 aliphatic rings. The lowest BCUT2D eigenvalue weighted by atomic mass is 10.2. The van der Waals surface area contributed by atoms with Crippen molar-refractivity contribution in [3.05, 3.63) is 16.9 Å². The molecule has 0 radical (unpaired) electrons. The highest BCUT2D eigenvalue weighted by atomic mass is 35.5. The summed E-state index contributed by atoms with van der Waals surface area (Å²) in [6.07, 6.45) is 0.